The molecule has 0 spiro atoms. The van der Waals surface area contributed by atoms with Crippen LogP contribution in [-0.2, 0) is 16.0 Å². The lowest BCUT2D eigenvalue weighted by atomic mass is 10.1. The van der Waals surface area contributed by atoms with Crippen LogP contribution in [0.5, 0.6) is 0 Å². The molecule has 0 bridgehead atoms. The second-order valence-electron chi connectivity index (χ2n) is 5.51. The van der Waals surface area contributed by atoms with Crippen LogP contribution in [0.25, 0.3) is 0 Å². The number of nitro groups is 1. The second kappa shape index (κ2) is 8.84. The van der Waals surface area contributed by atoms with Crippen LogP contribution in [0.4, 0.5) is 5.69 Å². The maximum atomic E-state index is 11.6. The number of hydrogen-bond acceptors (Lipinski definition) is 5. The molecule has 0 fully saturated rings. The third kappa shape index (κ3) is 6.43. The monoisotopic (exact) mass is 322 g/mol. The van der Waals surface area contributed by atoms with Crippen LogP contribution >= 0.6 is 0 Å². The summed E-state index contributed by atoms with van der Waals surface area (Å²) in [5, 5.41) is 15.7. The molecule has 2 amide bonds. The Morgan fingerprint density at radius 2 is 1.83 bits per heavy atom. The van der Waals surface area contributed by atoms with Crippen molar-refractivity contribution in [1.82, 2.24) is 10.6 Å². The summed E-state index contributed by atoms with van der Waals surface area (Å²) in [6.45, 7) is 3.91. The minimum Gasteiger partial charge on any atom is -0.354 e. The van der Waals surface area contributed by atoms with Crippen LogP contribution in [0.3, 0.4) is 0 Å². The SMILES string of the molecule is CC(C)[C@H](N)C(=O)NCC(=O)NCCc1ccc([N+](=O)[O-])cc1. The average molecular weight is 322 g/mol. The lowest BCUT2D eigenvalue weighted by Gasteiger charge is -2.15. The Bertz CT molecular complexity index is 557. The van der Waals surface area contributed by atoms with Gasteiger partial charge in [0.1, 0.15) is 0 Å². The number of benzene rings is 1. The second-order valence-corrected chi connectivity index (χ2v) is 5.51. The topological polar surface area (TPSA) is 127 Å². The zero-order chi connectivity index (χ0) is 17.4. The number of carbonyl (C=O) groups excluding carboxylic acids is 2. The molecule has 1 rings (SSSR count). The molecule has 0 heterocycles. The third-order valence-corrected chi connectivity index (χ3v) is 3.33. The number of hydrogen-bond donors (Lipinski definition) is 3. The first-order valence-electron chi connectivity index (χ1n) is 7.34. The molecule has 23 heavy (non-hydrogen) atoms. The van der Waals surface area contributed by atoms with Gasteiger partial charge in [0.15, 0.2) is 0 Å². The summed E-state index contributed by atoms with van der Waals surface area (Å²) >= 11 is 0. The van der Waals surface area contributed by atoms with E-state index in [2.05, 4.69) is 10.6 Å². The summed E-state index contributed by atoms with van der Waals surface area (Å²) in [7, 11) is 0. The van der Waals surface area contributed by atoms with Gasteiger partial charge in [0, 0.05) is 18.7 Å². The summed E-state index contributed by atoms with van der Waals surface area (Å²) < 4.78 is 0. The smallest absolute Gasteiger partial charge is 0.269 e. The van der Waals surface area contributed by atoms with Gasteiger partial charge in [-0.15, -0.1) is 0 Å². The quantitative estimate of drug-likeness (QED) is 0.470. The van der Waals surface area contributed by atoms with E-state index in [1.807, 2.05) is 13.8 Å². The van der Waals surface area contributed by atoms with Gasteiger partial charge in [-0.25, -0.2) is 0 Å². The van der Waals surface area contributed by atoms with Gasteiger partial charge in [-0.2, -0.15) is 0 Å². The molecule has 4 N–H and O–H groups in total. The Morgan fingerprint density at radius 3 is 2.35 bits per heavy atom. The summed E-state index contributed by atoms with van der Waals surface area (Å²) in [6.07, 6.45) is 0.545. The van der Waals surface area contributed by atoms with Gasteiger partial charge in [-0.3, -0.25) is 19.7 Å². The fourth-order valence-electron chi connectivity index (χ4n) is 1.78. The molecule has 8 nitrogen and oxygen atoms in total. The molecule has 1 aromatic rings. The molecule has 0 saturated heterocycles. The highest BCUT2D eigenvalue weighted by atomic mass is 16.6. The lowest BCUT2D eigenvalue weighted by Crippen LogP contribution is -2.47. The van der Waals surface area contributed by atoms with E-state index in [1.165, 1.54) is 12.1 Å². The van der Waals surface area contributed by atoms with Crippen LogP contribution in [0.15, 0.2) is 24.3 Å². The Balaban J connectivity index is 2.28. The zero-order valence-corrected chi connectivity index (χ0v) is 13.2. The normalized spacial score (nSPS) is 11.8. The standard InChI is InChI=1S/C15H22N4O4/c1-10(2)14(16)15(21)18-9-13(20)17-8-7-11-3-5-12(6-4-11)19(22)23/h3-6,10,14H,7-9,16H2,1-2H3,(H,17,20)(H,18,21)/t14-/m0/s1. The number of nitro benzene ring substituents is 1. The Hall–Kier alpha value is -2.48. The molecular weight excluding hydrogens is 300 g/mol. The molecular formula is C15H22N4O4. The van der Waals surface area contributed by atoms with Crippen molar-refractivity contribution in [3.8, 4) is 0 Å². The third-order valence-electron chi connectivity index (χ3n) is 3.33. The predicted molar refractivity (Wildman–Crippen MR) is 85.6 cm³/mol. The van der Waals surface area contributed by atoms with Crippen molar-refractivity contribution >= 4 is 17.5 Å². The first kappa shape index (κ1) is 18.6. The predicted octanol–water partition coefficient (Wildman–Crippen LogP) is 0.353. The number of nitrogens with zero attached hydrogens (tertiary/aromatic N) is 1. The zero-order valence-electron chi connectivity index (χ0n) is 13.2. The molecule has 8 heteroatoms. The molecule has 1 atom stereocenters. The number of rotatable bonds is 8. The van der Waals surface area contributed by atoms with Crippen molar-refractivity contribution in [3.05, 3.63) is 39.9 Å². The number of non-ortho nitro benzene ring substituents is 1. The van der Waals surface area contributed by atoms with Gasteiger partial charge in [0.2, 0.25) is 11.8 Å². The molecule has 0 radical (unpaired) electrons. The number of nitrogens with two attached hydrogens (primary N) is 1. The van der Waals surface area contributed by atoms with E-state index in [9.17, 15) is 19.7 Å². The molecule has 0 unspecified atom stereocenters. The largest absolute Gasteiger partial charge is 0.354 e. The minimum atomic E-state index is -0.636. The molecule has 126 valence electrons. The fourth-order valence-corrected chi connectivity index (χ4v) is 1.78. The summed E-state index contributed by atoms with van der Waals surface area (Å²) in [6, 6.07) is 5.50. The van der Waals surface area contributed by atoms with Crippen molar-refractivity contribution in [3.63, 3.8) is 0 Å². The molecule has 0 aliphatic carbocycles. The number of carbonyl (C=O) groups is 2. The molecule has 0 aromatic heterocycles. The van der Waals surface area contributed by atoms with Crippen molar-refractivity contribution in [2.24, 2.45) is 11.7 Å². The summed E-state index contributed by atoms with van der Waals surface area (Å²) in [4.78, 5) is 33.3. The van der Waals surface area contributed by atoms with E-state index in [0.717, 1.165) is 5.56 Å². The van der Waals surface area contributed by atoms with Crippen molar-refractivity contribution < 1.29 is 14.5 Å². The highest BCUT2D eigenvalue weighted by Crippen LogP contribution is 2.11. The van der Waals surface area contributed by atoms with Gasteiger partial charge < -0.3 is 16.4 Å². The average Bonchev–Trinajstić information content (AvgIpc) is 2.52. The van der Waals surface area contributed by atoms with Crippen LogP contribution in [-0.4, -0.2) is 35.9 Å². The van der Waals surface area contributed by atoms with Gasteiger partial charge in [-0.05, 0) is 17.9 Å². The van der Waals surface area contributed by atoms with Gasteiger partial charge in [0.25, 0.3) is 5.69 Å². The lowest BCUT2D eigenvalue weighted by molar-refractivity contribution is -0.384. The Morgan fingerprint density at radius 1 is 1.22 bits per heavy atom. The molecule has 0 aliphatic rings. The van der Waals surface area contributed by atoms with Crippen LogP contribution in [0.2, 0.25) is 0 Å². The maximum absolute atomic E-state index is 11.6. The Labute approximate surface area is 134 Å². The highest BCUT2D eigenvalue weighted by molar-refractivity contribution is 5.87. The number of nitrogens with one attached hydrogen (secondary N) is 2. The van der Waals surface area contributed by atoms with Crippen molar-refractivity contribution in [2.75, 3.05) is 13.1 Å². The van der Waals surface area contributed by atoms with E-state index in [-0.39, 0.29) is 30.0 Å². The minimum absolute atomic E-state index is 0.000184. The Kier molecular flexibility index (Phi) is 7.14. The van der Waals surface area contributed by atoms with E-state index in [1.54, 1.807) is 12.1 Å². The van der Waals surface area contributed by atoms with Gasteiger partial charge in [-0.1, -0.05) is 26.0 Å². The molecule has 1 aromatic carbocycles. The van der Waals surface area contributed by atoms with Crippen LogP contribution < -0.4 is 16.4 Å². The van der Waals surface area contributed by atoms with E-state index in [4.69, 9.17) is 5.73 Å². The first-order chi connectivity index (χ1) is 10.8. The van der Waals surface area contributed by atoms with Crippen molar-refractivity contribution in [1.29, 1.82) is 0 Å². The fraction of sp³-hybridized carbons (Fsp3) is 0.467. The van der Waals surface area contributed by atoms with Crippen LogP contribution in [0, 0.1) is 16.0 Å². The highest BCUT2D eigenvalue weighted by Gasteiger charge is 2.17. The molecule has 0 saturated carbocycles. The van der Waals surface area contributed by atoms with Gasteiger partial charge in [0.05, 0.1) is 17.5 Å². The van der Waals surface area contributed by atoms with E-state index in [0.29, 0.717) is 13.0 Å². The van der Waals surface area contributed by atoms with E-state index >= 15 is 0 Å². The summed E-state index contributed by atoms with van der Waals surface area (Å²) in [5.74, 6) is -0.665. The number of amides is 2. The van der Waals surface area contributed by atoms with Crippen LogP contribution in [0.1, 0.15) is 19.4 Å². The van der Waals surface area contributed by atoms with E-state index < -0.39 is 11.0 Å². The summed E-state index contributed by atoms with van der Waals surface area (Å²) in [5.41, 5.74) is 6.57. The first-order valence-corrected chi connectivity index (χ1v) is 7.34. The maximum Gasteiger partial charge on any atom is 0.269 e. The van der Waals surface area contributed by atoms with Crippen molar-refractivity contribution in [2.45, 2.75) is 26.3 Å². The molecule has 0 aliphatic heterocycles. The van der Waals surface area contributed by atoms with Gasteiger partial charge >= 0.3 is 0 Å².